The minimum atomic E-state index is -0.546. The molecular weight excluding hydrogens is 445 g/mol. The van der Waals surface area contributed by atoms with Gasteiger partial charge in [-0.15, -0.1) is 0 Å². The summed E-state index contributed by atoms with van der Waals surface area (Å²) in [7, 11) is 1.91. The molecule has 2 aliphatic heterocycles. The molecule has 1 fully saturated rings. The van der Waals surface area contributed by atoms with E-state index in [4.69, 9.17) is 21.1 Å². The zero-order valence-electron chi connectivity index (χ0n) is 17.7. The summed E-state index contributed by atoms with van der Waals surface area (Å²) in [6.07, 6.45) is 4.96. The van der Waals surface area contributed by atoms with Crippen LogP contribution in [0.4, 0.5) is 4.39 Å². The number of ether oxygens (including phenoxy) is 2. The molecule has 4 heterocycles. The SMILES string of the molecule is Cn1cc(-c2ccc(CN3Cc4ncnc(Oc5c(F)cccc5Cl)c4C4OC43)cc2)cn1. The van der Waals surface area contributed by atoms with E-state index in [1.165, 1.54) is 24.0 Å². The van der Waals surface area contributed by atoms with Crippen LogP contribution < -0.4 is 4.74 Å². The molecule has 33 heavy (non-hydrogen) atoms. The van der Waals surface area contributed by atoms with E-state index in [0.29, 0.717) is 13.1 Å². The van der Waals surface area contributed by atoms with Crippen molar-refractivity contribution < 1.29 is 13.9 Å². The second-order valence-electron chi connectivity index (χ2n) is 8.14. The van der Waals surface area contributed by atoms with E-state index in [1.54, 1.807) is 10.7 Å². The molecule has 0 aliphatic carbocycles. The van der Waals surface area contributed by atoms with Gasteiger partial charge in [0.1, 0.15) is 18.7 Å². The Hall–Kier alpha value is -3.33. The number of para-hydroxylation sites is 1. The molecule has 0 amide bonds. The van der Waals surface area contributed by atoms with Crippen molar-refractivity contribution in [1.82, 2.24) is 24.6 Å². The average Bonchev–Trinajstić information content (AvgIpc) is 3.50. The van der Waals surface area contributed by atoms with Gasteiger partial charge in [0.25, 0.3) is 0 Å². The van der Waals surface area contributed by atoms with Gasteiger partial charge >= 0.3 is 0 Å². The maximum Gasteiger partial charge on any atom is 0.228 e. The Labute approximate surface area is 194 Å². The summed E-state index contributed by atoms with van der Waals surface area (Å²) >= 11 is 6.12. The van der Waals surface area contributed by atoms with Crippen LogP contribution in [0, 0.1) is 5.82 Å². The number of nitrogens with zero attached hydrogens (tertiary/aromatic N) is 5. The Kier molecular flexibility index (Phi) is 4.86. The zero-order chi connectivity index (χ0) is 22.5. The van der Waals surface area contributed by atoms with Crippen LogP contribution in [-0.4, -0.2) is 30.9 Å². The van der Waals surface area contributed by atoms with Crippen molar-refractivity contribution in [2.75, 3.05) is 0 Å². The largest absolute Gasteiger partial charge is 0.434 e. The first-order valence-electron chi connectivity index (χ1n) is 10.5. The van der Waals surface area contributed by atoms with E-state index in [0.717, 1.165) is 22.4 Å². The lowest BCUT2D eigenvalue weighted by atomic mass is 10.0. The van der Waals surface area contributed by atoms with Crippen LogP contribution in [0.3, 0.4) is 0 Å². The maximum absolute atomic E-state index is 14.2. The third-order valence-electron chi connectivity index (χ3n) is 5.89. The molecule has 4 aromatic rings. The highest BCUT2D eigenvalue weighted by Gasteiger charge is 2.52. The molecule has 2 unspecified atom stereocenters. The lowest BCUT2D eigenvalue weighted by Crippen LogP contribution is -2.31. The van der Waals surface area contributed by atoms with Gasteiger partial charge in [-0.1, -0.05) is 41.9 Å². The van der Waals surface area contributed by atoms with Crippen molar-refractivity contribution in [3.63, 3.8) is 0 Å². The monoisotopic (exact) mass is 463 g/mol. The molecule has 1 saturated heterocycles. The highest BCUT2D eigenvalue weighted by molar-refractivity contribution is 6.32. The number of halogens is 2. The van der Waals surface area contributed by atoms with Crippen molar-refractivity contribution in [3.8, 4) is 22.8 Å². The summed E-state index contributed by atoms with van der Waals surface area (Å²) in [4.78, 5) is 10.9. The molecule has 7 nitrogen and oxygen atoms in total. The Morgan fingerprint density at radius 2 is 2.00 bits per heavy atom. The number of benzene rings is 2. The highest BCUT2D eigenvalue weighted by atomic mass is 35.5. The van der Waals surface area contributed by atoms with Gasteiger partial charge in [0, 0.05) is 31.9 Å². The smallest absolute Gasteiger partial charge is 0.228 e. The van der Waals surface area contributed by atoms with Crippen molar-refractivity contribution in [3.05, 3.63) is 88.8 Å². The number of fused-ring (bicyclic) bond motifs is 3. The molecule has 9 heteroatoms. The van der Waals surface area contributed by atoms with Crippen LogP contribution in [0.25, 0.3) is 11.1 Å². The third-order valence-corrected chi connectivity index (χ3v) is 6.19. The first kappa shape index (κ1) is 20.3. The molecule has 0 bridgehead atoms. The minimum Gasteiger partial charge on any atom is -0.434 e. The van der Waals surface area contributed by atoms with Crippen LogP contribution in [0.1, 0.15) is 22.9 Å². The molecule has 0 N–H and O–H groups in total. The van der Waals surface area contributed by atoms with Crippen LogP contribution >= 0.6 is 11.6 Å². The summed E-state index contributed by atoms with van der Waals surface area (Å²) in [5, 5.41) is 4.41. The Morgan fingerprint density at radius 1 is 1.15 bits per heavy atom. The minimum absolute atomic E-state index is 0.0478. The summed E-state index contributed by atoms with van der Waals surface area (Å²) in [6.45, 7) is 1.29. The Morgan fingerprint density at radius 3 is 2.76 bits per heavy atom. The Balaban J connectivity index is 1.22. The molecule has 6 rings (SSSR count). The first-order chi connectivity index (χ1) is 16.1. The topological polar surface area (TPSA) is 68.6 Å². The van der Waals surface area contributed by atoms with E-state index >= 15 is 0 Å². The number of hydrogen-bond acceptors (Lipinski definition) is 6. The van der Waals surface area contributed by atoms with Crippen LogP contribution in [0.2, 0.25) is 5.02 Å². The fourth-order valence-corrected chi connectivity index (χ4v) is 4.41. The molecule has 0 saturated carbocycles. The molecule has 166 valence electrons. The second kappa shape index (κ2) is 7.91. The van der Waals surface area contributed by atoms with E-state index < -0.39 is 5.82 Å². The van der Waals surface area contributed by atoms with E-state index in [9.17, 15) is 4.39 Å². The number of aromatic nitrogens is 4. The fraction of sp³-hybridized carbons (Fsp3) is 0.208. The number of rotatable bonds is 5. The standard InChI is InChI=1S/C24H19ClFN5O2/c1-30-11-16(9-29-30)15-7-5-14(6-8-15)10-31-12-19-20(22-24(31)33-22)23(28-13-27-19)32-21-17(25)3-2-4-18(21)26/h2-9,11,13,22,24H,10,12H2,1H3. The molecule has 0 radical (unpaired) electrons. The molecule has 2 aliphatic rings. The van der Waals surface area contributed by atoms with E-state index in [1.807, 2.05) is 19.4 Å². The molecule has 2 aromatic heterocycles. The quantitative estimate of drug-likeness (QED) is 0.393. The van der Waals surface area contributed by atoms with Gasteiger partial charge in [-0.25, -0.2) is 14.4 Å². The summed E-state index contributed by atoms with van der Waals surface area (Å²) in [5.41, 5.74) is 4.94. The van der Waals surface area contributed by atoms with Crippen LogP contribution in [-0.2, 0) is 24.9 Å². The molecule has 2 aromatic carbocycles. The summed E-state index contributed by atoms with van der Waals surface area (Å²) in [5.74, 6) is -0.316. The zero-order valence-corrected chi connectivity index (χ0v) is 18.4. The lowest BCUT2D eigenvalue weighted by Gasteiger charge is -2.25. The molecule has 2 atom stereocenters. The van der Waals surface area contributed by atoms with Gasteiger partial charge in [0.2, 0.25) is 5.88 Å². The highest BCUT2D eigenvalue weighted by Crippen LogP contribution is 2.50. The van der Waals surface area contributed by atoms with Crippen molar-refractivity contribution in [2.24, 2.45) is 7.05 Å². The van der Waals surface area contributed by atoms with Gasteiger partial charge in [-0.05, 0) is 23.3 Å². The van der Waals surface area contributed by atoms with E-state index in [2.05, 4.69) is 44.2 Å². The van der Waals surface area contributed by atoms with E-state index in [-0.39, 0.29) is 29.0 Å². The van der Waals surface area contributed by atoms with Gasteiger partial charge in [0.05, 0.1) is 22.5 Å². The third kappa shape index (κ3) is 3.76. The number of aryl methyl sites for hydroxylation is 1. The second-order valence-corrected chi connectivity index (χ2v) is 8.55. The summed E-state index contributed by atoms with van der Waals surface area (Å²) < 4.78 is 27.7. The van der Waals surface area contributed by atoms with Crippen molar-refractivity contribution >= 4 is 11.6 Å². The number of hydrogen-bond donors (Lipinski definition) is 0. The predicted molar refractivity (Wildman–Crippen MR) is 119 cm³/mol. The molecular formula is C24H19ClFN5O2. The fourth-order valence-electron chi connectivity index (χ4n) is 4.21. The predicted octanol–water partition coefficient (Wildman–Crippen LogP) is 4.88. The van der Waals surface area contributed by atoms with Crippen LogP contribution in [0.5, 0.6) is 11.6 Å². The van der Waals surface area contributed by atoms with Crippen molar-refractivity contribution in [2.45, 2.75) is 25.4 Å². The molecule has 0 spiro atoms. The normalized spacial score (nSPS) is 19.1. The lowest BCUT2D eigenvalue weighted by molar-refractivity contribution is 0.159. The first-order valence-corrected chi connectivity index (χ1v) is 10.9. The van der Waals surface area contributed by atoms with Crippen LogP contribution in [0.15, 0.2) is 61.2 Å². The average molecular weight is 464 g/mol. The van der Waals surface area contributed by atoms with Gasteiger partial charge < -0.3 is 9.47 Å². The van der Waals surface area contributed by atoms with Gasteiger partial charge in [-0.2, -0.15) is 5.10 Å². The maximum atomic E-state index is 14.2. The van der Waals surface area contributed by atoms with Gasteiger partial charge in [0.15, 0.2) is 11.6 Å². The Bertz CT molecular complexity index is 1320. The van der Waals surface area contributed by atoms with Crippen molar-refractivity contribution in [1.29, 1.82) is 0 Å². The number of epoxide rings is 1. The summed E-state index contributed by atoms with van der Waals surface area (Å²) in [6, 6.07) is 12.8. The van der Waals surface area contributed by atoms with Gasteiger partial charge in [-0.3, -0.25) is 9.58 Å².